The van der Waals surface area contributed by atoms with E-state index >= 15 is 0 Å². The SMILES string of the molecule is CCC=C(O)Cl. The molecule has 0 fully saturated rings. The van der Waals surface area contributed by atoms with Gasteiger partial charge in [-0.15, -0.1) is 0 Å². The third-order valence-electron chi connectivity index (χ3n) is 0.373. The van der Waals surface area contributed by atoms with Crippen LogP contribution in [0.15, 0.2) is 11.3 Å². The minimum Gasteiger partial charge on any atom is -0.499 e. The summed E-state index contributed by atoms with van der Waals surface area (Å²) < 4.78 is 0. The molecule has 0 aromatic heterocycles. The van der Waals surface area contributed by atoms with Gasteiger partial charge in [0.05, 0.1) is 0 Å². The van der Waals surface area contributed by atoms with Gasteiger partial charge < -0.3 is 5.11 Å². The molecular formula is C4H7ClO. The second-order valence-electron chi connectivity index (χ2n) is 0.935. The standard InChI is InChI=1S/C4H7ClO/c1-2-3-4(5)6/h3,6H,2H2,1H3. The van der Waals surface area contributed by atoms with Crippen LogP contribution in [0.3, 0.4) is 0 Å². The van der Waals surface area contributed by atoms with Crippen molar-refractivity contribution in [2.24, 2.45) is 0 Å². The molecule has 0 aliphatic rings. The number of aliphatic hydroxyl groups is 1. The first-order valence-electron chi connectivity index (χ1n) is 1.82. The van der Waals surface area contributed by atoms with Crippen molar-refractivity contribution < 1.29 is 5.11 Å². The molecule has 6 heavy (non-hydrogen) atoms. The van der Waals surface area contributed by atoms with Crippen molar-refractivity contribution >= 4 is 11.6 Å². The maximum absolute atomic E-state index is 8.18. The van der Waals surface area contributed by atoms with Gasteiger partial charge in [-0.05, 0) is 24.1 Å². The first-order valence-corrected chi connectivity index (χ1v) is 2.19. The van der Waals surface area contributed by atoms with Crippen LogP contribution in [0.25, 0.3) is 0 Å². The first kappa shape index (κ1) is 5.83. The van der Waals surface area contributed by atoms with E-state index in [4.69, 9.17) is 16.7 Å². The zero-order valence-corrected chi connectivity index (χ0v) is 4.37. The molecule has 0 rings (SSSR count). The first-order chi connectivity index (χ1) is 2.77. The fourth-order valence-electron chi connectivity index (χ4n) is 0.168. The highest BCUT2D eigenvalue weighted by atomic mass is 35.5. The Balaban J connectivity index is 3.14. The molecule has 2 heteroatoms. The highest BCUT2D eigenvalue weighted by Crippen LogP contribution is 1.93. The van der Waals surface area contributed by atoms with Crippen LogP contribution >= 0.6 is 11.6 Å². The number of halogens is 1. The summed E-state index contributed by atoms with van der Waals surface area (Å²) >= 11 is 4.99. The maximum Gasteiger partial charge on any atom is 0.180 e. The number of hydrogen-bond donors (Lipinski definition) is 1. The third kappa shape index (κ3) is 3.83. The van der Waals surface area contributed by atoms with Crippen molar-refractivity contribution in [2.75, 3.05) is 0 Å². The van der Waals surface area contributed by atoms with Gasteiger partial charge in [0.2, 0.25) is 0 Å². The number of hydrogen-bond acceptors (Lipinski definition) is 1. The summed E-state index contributed by atoms with van der Waals surface area (Å²) in [5.41, 5.74) is 0. The molecule has 0 spiro atoms. The van der Waals surface area contributed by atoms with E-state index in [2.05, 4.69) is 0 Å². The maximum atomic E-state index is 8.18. The molecule has 0 amide bonds. The van der Waals surface area contributed by atoms with Gasteiger partial charge in [-0.25, -0.2) is 0 Å². The summed E-state index contributed by atoms with van der Waals surface area (Å²) in [5, 5.41) is 8.07. The zero-order valence-electron chi connectivity index (χ0n) is 3.61. The average Bonchev–Trinajstić information content (AvgIpc) is 1.35. The highest BCUT2D eigenvalue weighted by molar-refractivity contribution is 6.27. The summed E-state index contributed by atoms with van der Waals surface area (Å²) in [7, 11) is 0. The van der Waals surface area contributed by atoms with Crippen LogP contribution in [0.4, 0.5) is 0 Å². The lowest BCUT2D eigenvalue weighted by molar-refractivity contribution is 0.450. The average molecular weight is 107 g/mol. The van der Waals surface area contributed by atoms with E-state index in [0.717, 1.165) is 6.42 Å². The molecule has 1 N–H and O–H groups in total. The third-order valence-corrected chi connectivity index (χ3v) is 0.527. The number of allylic oxidation sites excluding steroid dienone is 1. The summed E-state index contributed by atoms with van der Waals surface area (Å²) in [4.78, 5) is 0. The van der Waals surface area contributed by atoms with Gasteiger partial charge in [0.25, 0.3) is 0 Å². The lowest BCUT2D eigenvalue weighted by atomic mass is 10.5. The zero-order chi connectivity index (χ0) is 4.99. The van der Waals surface area contributed by atoms with Gasteiger partial charge in [0, 0.05) is 0 Å². The van der Waals surface area contributed by atoms with Crippen molar-refractivity contribution in [3.05, 3.63) is 11.3 Å². The van der Waals surface area contributed by atoms with Crippen molar-refractivity contribution in [1.29, 1.82) is 0 Å². The van der Waals surface area contributed by atoms with Crippen LogP contribution in [-0.2, 0) is 0 Å². The normalized spacial score (nSPS) is 12.0. The molecule has 0 saturated heterocycles. The van der Waals surface area contributed by atoms with Crippen molar-refractivity contribution in [1.82, 2.24) is 0 Å². The Hall–Kier alpha value is -0.170. The Morgan fingerprint density at radius 2 is 2.50 bits per heavy atom. The Morgan fingerprint density at radius 3 is 2.50 bits per heavy atom. The Labute approximate surface area is 42.2 Å². The summed E-state index contributed by atoms with van der Waals surface area (Å²) in [6, 6.07) is 0. The molecule has 0 heterocycles. The lowest BCUT2D eigenvalue weighted by Gasteiger charge is -1.77. The van der Waals surface area contributed by atoms with Crippen LogP contribution in [0.2, 0.25) is 0 Å². The smallest absolute Gasteiger partial charge is 0.180 e. The van der Waals surface area contributed by atoms with Crippen molar-refractivity contribution in [3.63, 3.8) is 0 Å². The molecule has 0 radical (unpaired) electrons. The Morgan fingerprint density at radius 1 is 2.00 bits per heavy atom. The van der Waals surface area contributed by atoms with E-state index in [1.807, 2.05) is 6.92 Å². The fourth-order valence-corrected chi connectivity index (χ4v) is 0.323. The largest absolute Gasteiger partial charge is 0.499 e. The predicted octanol–water partition coefficient (Wildman–Crippen LogP) is 2.03. The molecule has 0 aliphatic heterocycles. The molecule has 0 aromatic carbocycles. The van der Waals surface area contributed by atoms with Gasteiger partial charge in [-0.2, -0.15) is 0 Å². The summed E-state index contributed by atoms with van der Waals surface area (Å²) in [6.07, 6.45) is 2.32. The van der Waals surface area contributed by atoms with Crippen LogP contribution in [0.5, 0.6) is 0 Å². The van der Waals surface area contributed by atoms with E-state index in [-0.39, 0.29) is 5.22 Å². The van der Waals surface area contributed by atoms with Gasteiger partial charge in [-0.1, -0.05) is 6.92 Å². The van der Waals surface area contributed by atoms with Gasteiger partial charge >= 0.3 is 0 Å². The van der Waals surface area contributed by atoms with E-state index in [1.54, 1.807) is 0 Å². The molecule has 36 valence electrons. The van der Waals surface area contributed by atoms with Crippen LogP contribution in [-0.4, -0.2) is 5.11 Å². The molecule has 1 nitrogen and oxygen atoms in total. The lowest BCUT2D eigenvalue weighted by Crippen LogP contribution is -1.60. The number of aliphatic hydroxyl groups excluding tert-OH is 1. The van der Waals surface area contributed by atoms with E-state index in [0.29, 0.717) is 0 Å². The minimum atomic E-state index is -0.113. The van der Waals surface area contributed by atoms with E-state index in [9.17, 15) is 0 Å². The van der Waals surface area contributed by atoms with Gasteiger partial charge in [-0.3, -0.25) is 0 Å². The van der Waals surface area contributed by atoms with Gasteiger partial charge in [0.15, 0.2) is 5.22 Å². The minimum absolute atomic E-state index is 0.113. The molecule has 0 aromatic rings. The van der Waals surface area contributed by atoms with Crippen LogP contribution in [0, 0.1) is 0 Å². The second kappa shape index (κ2) is 3.04. The summed E-state index contributed by atoms with van der Waals surface area (Å²) in [6.45, 7) is 1.90. The molecule has 0 bridgehead atoms. The van der Waals surface area contributed by atoms with Crippen LogP contribution in [0.1, 0.15) is 13.3 Å². The van der Waals surface area contributed by atoms with E-state index in [1.165, 1.54) is 6.08 Å². The molecule has 0 unspecified atom stereocenters. The molecule has 0 aliphatic carbocycles. The topological polar surface area (TPSA) is 20.2 Å². The van der Waals surface area contributed by atoms with Gasteiger partial charge in [0.1, 0.15) is 0 Å². The Kier molecular flexibility index (Phi) is 2.95. The molecule has 0 atom stereocenters. The van der Waals surface area contributed by atoms with Crippen molar-refractivity contribution in [2.45, 2.75) is 13.3 Å². The monoisotopic (exact) mass is 106 g/mol. The van der Waals surface area contributed by atoms with Crippen LogP contribution < -0.4 is 0 Å². The van der Waals surface area contributed by atoms with Crippen molar-refractivity contribution in [3.8, 4) is 0 Å². The predicted molar refractivity (Wildman–Crippen MR) is 26.9 cm³/mol. The fraction of sp³-hybridized carbons (Fsp3) is 0.500. The van der Waals surface area contributed by atoms with E-state index < -0.39 is 0 Å². The Bertz CT molecular complexity index is 54.6. The molecular weight excluding hydrogens is 99.5 g/mol. The second-order valence-corrected chi connectivity index (χ2v) is 1.32. The summed E-state index contributed by atoms with van der Waals surface area (Å²) in [5.74, 6) is 0. The highest BCUT2D eigenvalue weighted by Gasteiger charge is 1.73. The number of rotatable bonds is 1. The molecule has 0 saturated carbocycles. The quantitative estimate of drug-likeness (QED) is 0.507.